The predicted octanol–water partition coefficient (Wildman–Crippen LogP) is 6.17. The summed E-state index contributed by atoms with van der Waals surface area (Å²) in [4.78, 5) is 0. The number of benzene rings is 2. The van der Waals surface area contributed by atoms with Crippen LogP contribution in [0, 0.1) is 14.0 Å². The summed E-state index contributed by atoms with van der Waals surface area (Å²) in [6.45, 7) is 7.00. The summed E-state index contributed by atoms with van der Waals surface area (Å²) in [5, 5.41) is 5.32. The van der Waals surface area contributed by atoms with E-state index in [9.17, 15) is 0 Å². The molecule has 0 fully saturated rings. The van der Waals surface area contributed by atoms with Gasteiger partial charge in [0.25, 0.3) is 0 Å². The molecule has 0 nitrogen and oxygen atoms in total. The molecule has 0 heterocycles. The van der Waals surface area contributed by atoms with E-state index in [1.165, 1.54) is 21.5 Å². The molecule has 0 aliphatic carbocycles. The van der Waals surface area contributed by atoms with Crippen molar-refractivity contribution in [3.05, 3.63) is 106 Å². The zero-order chi connectivity index (χ0) is 14.2. The Balaban J connectivity index is 0.000000334. The molecule has 1 heteroatoms. The first-order chi connectivity index (χ1) is 9.93. The maximum atomic E-state index is 4.25. The van der Waals surface area contributed by atoms with Crippen LogP contribution in [-0.2, 0) is 25.8 Å². The van der Waals surface area contributed by atoms with Gasteiger partial charge in [0.15, 0.2) is 0 Å². The molecule has 4 aromatic rings. The topological polar surface area (TPSA) is 0 Å². The molecule has 0 unspecified atom stereocenters. The Labute approximate surface area is 152 Å². The van der Waals surface area contributed by atoms with Crippen LogP contribution in [0.15, 0.2) is 91.5 Å². The molecule has 0 aromatic heterocycles. The Kier molecular flexibility index (Phi) is 10.1. The molecule has 22 heavy (non-hydrogen) atoms. The monoisotopic (exact) mass is 452 g/mol. The van der Waals surface area contributed by atoms with Crippen LogP contribution < -0.4 is 0 Å². The third-order valence-corrected chi connectivity index (χ3v) is 3.10. The minimum Gasteiger partial charge on any atom is -0.521 e. The summed E-state index contributed by atoms with van der Waals surface area (Å²) in [5.74, 6) is 0. The van der Waals surface area contributed by atoms with Crippen molar-refractivity contribution in [1.29, 1.82) is 0 Å². The average Bonchev–Trinajstić information content (AvgIpc) is 3.18. The molecule has 4 rings (SSSR count). The molecule has 0 aliphatic heterocycles. The second kappa shape index (κ2) is 10.9. The van der Waals surface area contributed by atoms with E-state index >= 15 is 0 Å². The Morgan fingerprint density at radius 1 is 0.636 bits per heavy atom. The third kappa shape index (κ3) is 5.23. The van der Waals surface area contributed by atoms with E-state index in [0.717, 1.165) is 0 Å². The fourth-order valence-electron chi connectivity index (χ4n) is 2.14. The van der Waals surface area contributed by atoms with E-state index in [2.05, 4.69) is 98.1 Å². The number of fused-ring (bicyclic) bond motifs is 2. The zero-order valence-electron chi connectivity index (χ0n) is 12.9. The van der Waals surface area contributed by atoms with E-state index in [1.54, 1.807) is 0 Å². The van der Waals surface area contributed by atoms with Crippen LogP contribution in [0.5, 0.6) is 0 Å². The molecule has 108 valence electrons. The molecule has 0 aliphatic rings. The van der Waals surface area contributed by atoms with Crippen molar-refractivity contribution >= 4 is 21.5 Å². The fourth-order valence-corrected chi connectivity index (χ4v) is 2.14. The maximum absolute atomic E-state index is 4.25. The average molecular weight is 451 g/mol. The van der Waals surface area contributed by atoms with Crippen molar-refractivity contribution in [3.8, 4) is 0 Å². The van der Waals surface area contributed by atoms with Crippen LogP contribution in [0.3, 0.4) is 0 Å². The van der Waals surface area contributed by atoms with Gasteiger partial charge in [0.2, 0.25) is 0 Å². The van der Waals surface area contributed by atoms with E-state index in [-0.39, 0.29) is 33.3 Å². The number of hydrogen-bond acceptors (Lipinski definition) is 0. The first kappa shape index (κ1) is 20.3. The van der Waals surface area contributed by atoms with Gasteiger partial charge in [-0.1, -0.05) is 12.1 Å². The summed E-state index contributed by atoms with van der Waals surface area (Å²) in [6.07, 6.45) is 0. The minimum atomic E-state index is 0. The Morgan fingerprint density at radius 3 is 1.36 bits per heavy atom. The van der Waals surface area contributed by atoms with Crippen LogP contribution in [0.1, 0.15) is 0 Å². The third-order valence-electron chi connectivity index (χ3n) is 3.10. The van der Waals surface area contributed by atoms with Gasteiger partial charge in [-0.15, -0.1) is 59.3 Å². The fraction of sp³-hybridized carbons (Fsp3) is 0. The molecule has 0 radical (unpaired) electrons. The first-order valence-electron chi connectivity index (χ1n) is 6.55. The molecule has 0 spiro atoms. The standard InChI is InChI=1S/2C9H7.C2H3.CH3.Hf/c2*1-2-5-9-7-3-6-8(9)4-1;1-2;;/h2*1-7H;1H,2H2;1H3;/q4*-1;+4. The van der Waals surface area contributed by atoms with Crippen molar-refractivity contribution < 1.29 is 25.8 Å². The van der Waals surface area contributed by atoms with E-state index < -0.39 is 0 Å². The second-order valence-electron chi connectivity index (χ2n) is 4.31. The summed E-state index contributed by atoms with van der Waals surface area (Å²) in [7, 11) is 0. The molecule has 0 bridgehead atoms. The van der Waals surface area contributed by atoms with E-state index in [0.29, 0.717) is 0 Å². The summed E-state index contributed by atoms with van der Waals surface area (Å²) < 4.78 is 0. The van der Waals surface area contributed by atoms with Gasteiger partial charge in [-0.3, -0.25) is 6.58 Å². The second-order valence-corrected chi connectivity index (χ2v) is 4.31. The summed E-state index contributed by atoms with van der Waals surface area (Å²) >= 11 is 0. The minimum absolute atomic E-state index is 0. The van der Waals surface area contributed by atoms with Crippen molar-refractivity contribution in [2.75, 3.05) is 0 Å². The Bertz CT molecular complexity index is 635. The van der Waals surface area contributed by atoms with Gasteiger partial charge >= 0.3 is 25.8 Å². The van der Waals surface area contributed by atoms with Gasteiger partial charge in [0, 0.05) is 0 Å². The largest absolute Gasteiger partial charge is 4.00 e. The van der Waals surface area contributed by atoms with Gasteiger partial charge in [0.05, 0.1) is 0 Å². The van der Waals surface area contributed by atoms with E-state index in [1.807, 2.05) is 0 Å². The molecule has 0 atom stereocenters. The number of rotatable bonds is 0. The predicted molar refractivity (Wildman–Crippen MR) is 95.4 cm³/mol. The van der Waals surface area contributed by atoms with Crippen LogP contribution in [0.25, 0.3) is 21.5 Å². The molecule has 4 aromatic carbocycles. The van der Waals surface area contributed by atoms with Crippen LogP contribution in [0.2, 0.25) is 0 Å². The SMILES string of the molecule is [CH-]=C.[CH3-].[Hf+4].c1ccc2[cH-]ccc2c1.c1ccc2[cH-]ccc2c1. The Hall–Kier alpha value is -1.73. The zero-order valence-corrected chi connectivity index (χ0v) is 16.5. The van der Waals surface area contributed by atoms with Crippen molar-refractivity contribution in [1.82, 2.24) is 0 Å². The quantitative estimate of drug-likeness (QED) is 0.222. The van der Waals surface area contributed by atoms with Crippen molar-refractivity contribution in [2.24, 2.45) is 0 Å². The molecule has 0 N–H and O–H groups in total. The van der Waals surface area contributed by atoms with Gasteiger partial charge in [0.1, 0.15) is 0 Å². The molecule has 0 amide bonds. The van der Waals surface area contributed by atoms with Gasteiger partial charge in [-0.05, 0) is 0 Å². The van der Waals surface area contributed by atoms with Crippen molar-refractivity contribution in [3.63, 3.8) is 0 Å². The summed E-state index contributed by atoms with van der Waals surface area (Å²) in [5.41, 5.74) is 0. The van der Waals surface area contributed by atoms with Crippen LogP contribution >= 0.6 is 0 Å². The normalized spacial score (nSPS) is 8.55. The molecular weight excluding hydrogens is 431 g/mol. The molecule has 0 saturated carbocycles. The Morgan fingerprint density at radius 2 is 1.00 bits per heavy atom. The number of hydrogen-bond donors (Lipinski definition) is 0. The van der Waals surface area contributed by atoms with E-state index in [4.69, 9.17) is 0 Å². The van der Waals surface area contributed by atoms with Crippen molar-refractivity contribution in [2.45, 2.75) is 0 Å². The van der Waals surface area contributed by atoms with Crippen LogP contribution in [-0.4, -0.2) is 0 Å². The summed E-state index contributed by atoms with van der Waals surface area (Å²) in [6, 6.07) is 29.3. The smallest absolute Gasteiger partial charge is 0.521 e. The van der Waals surface area contributed by atoms with Gasteiger partial charge in [-0.2, -0.15) is 35.0 Å². The van der Waals surface area contributed by atoms with Crippen LogP contribution in [0.4, 0.5) is 0 Å². The maximum Gasteiger partial charge on any atom is 4.00 e. The van der Waals surface area contributed by atoms with Gasteiger partial charge in [-0.25, -0.2) is 0 Å². The molecular formula is C21H20Hf. The van der Waals surface area contributed by atoms with Gasteiger partial charge < -0.3 is 14.0 Å². The molecule has 0 saturated heterocycles. The first-order valence-corrected chi connectivity index (χ1v) is 6.55.